The van der Waals surface area contributed by atoms with Gasteiger partial charge in [-0.05, 0) is 36.4 Å². The van der Waals surface area contributed by atoms with Crippen LogP contribution in [-0.2, 0) is 6.42 Å². The van der Waals surface area contributed by atoms with Crippen molar-refractivity contribution < 1.29 is 9.53 Å². The zero-order valence-electron chi connectivity index (χ0n) is 10.1. The molecule has 0 spiro atoms. The number of carbonyl (C=O) groups excluding carboxylic acids is 1. The van der Waals surface area contributed by atoms with Crippen molar-refractivity contribution in [2.24, 2.45) is 0 Å². The predicted octanol–water partition coefficient (Wildman–Crippen LogP) is 3.19. The van der Waals surface area contributed by atoms with E-state index in [0.29, 0.717) is 5.75 Å². The maximum atomic E-state index is 11.7. The van der Waals surface area contributed by atoms with Crippen molar-refractivity contribution in [1.29, 1.82) is 0 Å². The molecule has 0 aliphatic heterocycles. The number of carbonyl (C=O) groups is 1. The maximum absolute atomic E-state index is 11.7. The number of benzene rings is 1. The summed E-state index contributed by atoms with van der Waals surface area (Å²) >= 11 is 1.55. The smallest absolute Gasteiger partial charge is 0.172 e. The molecule has 88 valence electrons. The summed E-state index contributed by atoms with van der Waals surface area (Å²) < 4.78 is 5.28. The fourth-order valence-corrected chi connectivity index (χ4v) is 2.06. The zero-order chi connectivity index (χ0) is 12.0. The van der Waals surface area contributed by atoms with Crippen molar-refractivity contribution >= 4 is 17.5 Å². The Morgan fingerprint density at radius 1 is 1.44 bits per heavy atom. The van der Waals surface area contributed by atoms with Crippen LogP contribution in [0.1, 0.15) is 29.3 Å². The molecule has 0 atom stereocenters. The van der Waals surface area contributed by atoms with Crippen molar-refractivity contribution in [3.63, 3.8) is 0 Å². The summed E-state index contributed by atoms with van der Waals surface area (Å²) in [6.45, 7) is 2.12. The summed E-state index contributed by atoms with van der Waals surface area (Å²) in [6.07, 6.45) is 3.94. The fraction of sp³-hybridized carbons (Fsp3) is 0.462. The minimum atomic E-state index is 0.188. The third kappa shape index (κ3) is 3.27. The highest BCUT2D eigenvalue weighted by atomic mass is 32.2. The topological polar surface area (TPSA) is 26.3 Å². The first kappa shape index (κ1) is 13.1. The molecule has 0 radical (unpaired) electrons. The van der Waals surface area contributed by atoms with E-state index in [-0.39, 0.29) is 5.78 Å². The molecule has 0 bridgehead atoms. The second kappa shape index (κ2) is 6.59. The standard InChI is InChI=1S/C13H18O2S/c1-4-5-11-8-10(12(14)9-16-3)6-7-13(11)15-2/h6-8H,4-5,9H2,1-3H3. The van der Waals surface area contributed by atoms with E-state index in [1.807, 2.05) is 24.5 Å². The monoisotopic (exact) mass is 238 g/mol. The van der Waals surface area contributed by atoms with Crippen LogP contribution in [0.25, 0.3) is 0 Å². The molecule has 0 heterocycles. The summed E-state index contributed by atoms with van der Waals surface area (Å²) in [5.41, 5.74) is 1.91. The summed E-state index contributed by atoms with van der Waals surface area (Å²) in [5, 5.41) is 0. The Labute approximate surface area is 101 Å². The summed E-state index contributed by atoms with van der Waals surface area (Å²) in [5.74, 6) is 1.60. The van der Waals surface area contributed by atoms with E-state index in [1.165, 1.54) is 0 Å². The van der Waals surface area contributed by atoms with Gasteiger partial charge >= 0.3 is 0 Å². The van der Waals surface area contributed by atoms with Crippen LogP contribution in [0.4, 0.5) is 0 Å². The Kier molecular flexibility index (Phi) is 5.39. The van der Waals surface area contributed by atoms with Crippen LogP contribution >= 0.6 is 11.8 Å². The van der Waals surface area contributed by atoms with Crippen LogP contribution in [0.15, 0.2) is 18.2 Å². The quantitative estimate of drug-likeness (QED) is 0.712. The number of methoxy groups -OCH3 is 1. The number of aryl methyl sites for hydroxylation is 1. The number of hydrogen-bond donors (Lipinski definition) is 0. The van der Waals surface area contributed by atoms with Gasteiger partial charge in [-0.25, -0.2) is 0 Å². The Balaban J connectivity index is 2.96. The van der Waals surface area contributed by atoms with E-state index >= 15 is 0 Å². The average molecular weight is 238 g/mol. The molecular formula is C13H18O2S. The molecule has 0 aliphatic rings. The second-order valence-corrected chi connectivity index (χ2v) is 4.50. The Bertz CT molecular complexity index is 361. The molecule has 0 amide bonds. The molecule has 0 saturated carbocycles. The molecule has 16 heavy (non-hydrogen) atoms. The van der Waals surface area contributed by atoms with Gasteiger partial charge in [-0.15, -0.1) is 0 Å². The van der Waals surface area contributed by atoms with Gasteiger partial charge in [-0.3, -0.25) is 4.79 Å². The van der Waals surface area contributed by atoms with Crippen molar-refractivity contribution in [3.8, 4) is 5.75 Å². The minimum absolute atomic E-state index is 0.188. The van der Waals surface area contributed by atoms with Crippen molar-refractivity contribution in [2.45, 2.75) is 19.8 Å². The normalized spacial score (nSPS) is 10.2. The molecule has 1 aromatic carbocycles. The second-order valence-electron chi connectivity index (χ2n) is 3.63. The van der Waals surface area contributed by atoms with Gasteiger partial charge in [0.1, 0.15) is 5.75 Å². The number of Topliss-reactive ketones (excluding diaryl/α,β-unsaturated/α-hetero) is 1. The molecule has 0 aliphatic carbocycles. The fourth-order valence-electron chi connectivity index (χ4n) is 1.63. The molecule has 0 aromatic heterocycles. The van der Waals surface area contributed by atoms with E-state index in [0.717, 1.165) is 29.7 Å². The lowest BCUT2D eigenvalue weighted by molar-refractivity contribution is 0.102. The molecule has 0 fully saturated rings. The zero-order valence-corrected chi connectivity index (χ0v) is 10.9. The van der Waals surface area contributed by atoms with E-state index in [2.05, 4.69) is 6.92 Å². The van der Waals surface area contributed by atoms with Crippen LogP contribution in [0.3, 0.4) is 0 Å². The van der Waals surface area contributed by atoms with Gasteiger partial charge in [0.15, 0.2) is 5.78 Å². The van der Waals surface area contributed by atoms with Crippen LogP contribution in [0.2, 0.25) is 0 Å². The lowest BCUT2D eigenvalue weighted by Crippen LogP contribution is -2.03. The molecule has 0 unspecified atom stereocenters. The van der Waals surface area contributed by atoms with E-state index in [1.54, 1.807) is 18.9 Å². The van der Waals surface area contributed by atoms with Crippen molar-refractivity contribution in [3.05, 3.63) is 29.3 Å². The lowest BCUT2D eigenvalue weighted by atomic mass is 10.0. The van der Waals surface area contributed by atoms with E-state index in [4.69, 9.17) is 4.74 Å². The average Bonchev–Trinajstić information content (AvgIpc) is 2.29. The number of ketones is 1. The number of ether oxygens (including phenoxy) is 1. The highest BCUT2D eigenvalue weighted by Crippen LogP contribution is 2.22. The summed E-state index contributed by atoms with van der Waals surface area (Å²) in [7, 11) is 1.66. The van der Waals surface area contributed by atoms with E-state index in [9.17, 15) is 4.79 Å². The van der Waals surface area contributed by atoms with Gasteiger partial charge < -0.3 is 4.74 Å². The third-order valence-electron chi connectivity index (χ3n) is 2.40. The minimum Gasteiger partial charge on any atom is -0.496 e. The largest absolute Gasteiger partial charge is 0.496 e. The molecule has 0 saturated heterocycles. The first-order valence-electron chi connectivity index (χ1n) is 5.42. The predicted molar refractivity (Wildman–Crippen MR) is 69.7 cm³/mol. The SMILES string of the molecule is CCCc1cc(C(=O)CSC)ccc1OC. The van der Waals surface area contributed by atoms with Crippen LogP contribution in [0.5, 0.6) is 5.75 Å². The van der Waals surface area contributed by atoms with Gasteiger partial charge in [0.05, 0.1) is 12.9 Å². The molecular weight excluding hydrogens is 220 g/mol. The molecule has 1 rings (SSSR count). The van der Waals surface area contributed by atoms with Crippen molar-refractivity contribution in [1.82, 2.24) is 0 Å². The van der Waals surface area contributed by atoms with Crippen molar-refractivity contribution in [2.75, 3.05) is 19.1 Å². The number of rotatable bonds is 6. The van der Waals surface area contributed by atoms with Crippen LogP contribution in [0, 0.1) is 0 Å². The van der Waals surface area contributed by atoms with Crippen LogP contribution in [-0.4, -0.2) is 24.9 Å². The molecule has 2 nitrogen and oxygen atoms in total. The van der Waals surface area contributed by atoms with Gasteiger partial charge in [0.25, 0.3) is 0 Å². The Morgan fingerprint density at radius 2 is 2.19 bits per heavy atom. The first-order valence-corrected chi connectivity index (χ1v) is 6.81. The first-order chi connectivity index (χ1) is 7.72. The molecule has 3 heteroatoms. The van der Waals surface area contributed by atoms with Crippen LogP contribution < -0.4 is 4.74 Å². The molecule has 0 N–H and O–H groups in total. The molecule has 1 aromatic rings. The highest BCUT2D eigenvalue weighted by molar-refractivity contribution is 7.99. The lowest BCUT2D eigenvalue weighted by Gasteiger charge is -2.09. The Morgan fingerprint density at radius 3 is 2.75 bits per heavy atom. The van der Waals surface area contributed by atoms with Gasteiger partial charge in [0.2, 0.25) is 0 Å². The Hall–Kier alpha value is -0.960. The maximum Gasteiger partial charge on any atom is 0.172 e. The third-order valence-corrected chi connectivity index (χ3v) is 2.95. The van der Waals surface area contributed by atoms with E-state index < -0.39 is 0 Å². The van der Waals surface area contributed by atoms with Gasteiger partial charge in [0, 0.05) is 5.56 Å². The summed E-state index contributed by atoms with van der Waals surface area (Å²) in [6, 6.07) is 5.69. The number of hydrogen-bond acceptors (Lipinski definition) is 3. The highest BCUT2D eigenvalue weighted by Gasteiger charge is 2.09. The van der Waals surface area contributed by atoms with Gasteiger partial charge in [-0.2, -0.15) is 11.8 Å². The van der Waals surface area contributed by atoms with Gasteiger partial charge in [-0.1, -0.05) is 13.3 Å². The summed E-state index contributed by atoms with van der Waals surface area (Å²) in [4.78, 5) is 11.7. The number of thioether (sulfide) groups is 1.